The van der Waals surface area contributed by atoms with E-state index in [0.717, 1.165) is 12.8 Å². The van der Waals surface area contributed by atoms with Gasteiger partial charge in [-0.05, 0) is 43.9 Å². The third kappa shape index (κ3) is 3.33. The molecule has 0 unspecified atom stereocenters. The molecule has 1 saturated carbocycles. The van der Waals surface area contributed by atoms with Crippen LogP contribution in [0, 0.1) is 17.8 Å². The Kier molecular flexibility index (Phi) is 4.69. The van der Waals surface area contributed by atoms with Crippen LogP contribution in [0.15, 0.2) is 24.3 Å². The molecular weight excluding hydrogens is 322 g/mol. The van der Waals surface area contributed by atoms with E-state index >= 15 is 0 Å². The summed E-state index contributed by atoms with van der Waals surface area (Å²) in [5, 5.41) is 20.1. The number of aromatic carboxylic acids is 1. The summed E-state index contributed by atoms with van der Waals surface area (Å²) in [6.07, 6.45) is 2.47. The molecule has 0 bridgehead atoms. The lowest BCUT2D eigenvalue weighted by Crippen LogP contribution is -2.49. The van der Waals surface area contributed by atoms with Crippen molar-refractivity contribution in [3.63, 3.8) is 0 Å². The third-order valence-corrected chi connectivity index (χ3v) is 5.16. The Balaban J connectivity index is 1.84. The molecule has 2 N–H and O–H groups in total. The number of carbonyl (C=O) groups excluding carboxylic acids is 1. The molecule has 1 heterocycles. The van der Waals surface area contributed by atoms with Gasteiger partial charge in [0.15, 0.2) is 0 Å². The van der Waals surface area contributed by atoms with Gasteiger partial charge in [-0.3, -0.25) is 0 Å². The minimum absolute atomic E-state index is 0.0640. The summed E-state index contributed by atoms with van der Waals surface area (Å²) in [5.41, 5.74) is -0.457. The molecule has 0 spiro atoms. The number of carboxylic acids is 1. The van der Waals surface area contributed by atoms with Crippen LogP contribution in [-0.4, -0.2) is 52.5 Å². The van der Waals surface area contributed by atoms with Crippen molar-refractivity contribution in [2.24, 2.45) is 5.92 Å². The van der Waals surface area contributed by atoms with Crippen LogP contribution < -0.4 is 0 Å². The quantitative estimate of drug-likeness (QED) is 0.763. The van der Waals surface area contributed by atoms with Gasteiger partial charge in [0.05, 0.1) is 12.7 Å². The van der Waals surface area contributed by atoms with E-state index < -0.39 is 11.6 Å². The van der Waals surface area contributed by atoms with Crippen molar-refractivity contribution in [1.82, 2.24) is 4.90 Å². The monoisotopic (exact) mass is 343 g/mol. The first-order valence-corrected chi connectivity index (χ1v) is 8.38. The standard InChI is InChI=1S/C19H21NO5/c1-25-18(23)20-11-8-15-16(20)6-3-9-19(15,24)10-7-13-4-2-5-14(12-13)17(21)22/h2,4-5,12,15-16,24H,3,6,8-9,11H2,1H3,(H,21,22)/t15-,16-,19-/m1/s1. The van der Waals surface area contributed by atoms with Crippen LogP contribution in [0.25, 0.3) is 0 Å². The SMILES string of the molecule is COC(=O)N1CC[C@@H]2[C@H]1CCC[C@@]2(O)C#Cc1cccc(C(=O)O)c1. The summed E-state index contributed by atoms with van der Waals surface area (Å²) >= 11 is 0. The van der Waals surface area contributed by atoms with E-state index in [0.29, 0.717) is 24.9 Å². The first-order valence-electron chi connectivity index (χ1n) is 8.38. The molecule has 25 heavy (non-hydrogen) atoms. The predicted octanol–water partition coefficient (Wildman–Crippen LogP) is 2.11. The van der Waals surface area contributed by atoms with Gasteiger partial charge in [-0.1, -0.05) is 17.9 Å². The number of likely N-dealkylation sites (tertiary alicyclic amines) is 1. The predicted molar refractivity (Wildman–Crippen MR) is 90.1 cm³/mol. The number of rotatable bonds is 1. The van der Waals surface area contributed by atoms with Crippen molar-refractivity contribution < 1.29 is 24.5 Å². The number of ether oxygens (including phenoxy) is 1. The summed E-state index contributed by atoms with van der Waals surface area (Å²) in [6.45, 7) is 0.556. The van der Waals surface area contributed by atoms with E-state index in [1.54, 1.807) is 17.0 Å². The van der Waals surface area contributed by atoms with Crippen LogP contribution in [0.5, 0.6) is 0 Å². The topological polar surface area (TPSA) is 87.1 Å². The molecule has 3 rings (SSSR count). The number of benzene rings is 1. The molecule has 1 aliphatic carbocycles. The first kappa shape index (κ1) is 17.3. The molecule has 2 aliphatic rings. The maximum atomic E-state index is 11.9. The summed E-state index contributed by atoms with van der Waals surface area (Å²) in [7, 11) is 1.36. The number of hydrogen-bond donors (Lipinski definition) is 2. The summed E-state index contributed by atoms with van der Waals surface area (Å²) in [4.78, 5) is 24.6. The lowest BCUT2D eigenvalue weighted by molar-refractivity contribution is -0.0136. The number of hydrogen-bond acceptors (Lipinski definition) is 4. The van der Waals surface area contributed by atoms with Gasteiger partial charge < -0.3 is 19.8 Å². The number of carbonyl (C=O) groups is 2. The molecule has 1 aromatic carbocycles. The maximum absolute atomic E-state index is 11.9. The second-order valence-corrected chi connectivity index (χ2v) is 6.58. The summed E-state index contributed by atoms with van der Waals surface area (Å²) in [6, 6.07) is 6.29. The van der Waals surface area contributed by atoms with Gasteiger partial charge in [0.25, 0.3) is 0 Å². The number of nitrogens with zero attached hydrogens (tertiary/aromatic N) is 1. The molecular formula is C19H21NO5. The van der Waals surface area contributed by atoms with Gasteiger partial charge >= 0.3 is 12.1 Å². The van der Waals surface area contributed by atoms with E-state index in [2.05, 4.69) is 11.8 Å². The fraction of sp³-hybridized carbons (Fsp3) is 0.474. The van der Waals surface area contributed by atoms with Crippen molar-refractivity contribution >= 4 is 12.1 Å². The molecule has 2 fully saturated rings. The van der Waals surface area contributed by atoms with Gasteiger partial charge in [0.1, 0.15) is 5.60 Å². The zero-order valence-corrected chi connectivity index (χ0v) is 14.1. The number of carboxylic acid groups (broad SMARTS) is 1. The molecule has 3 atom stereocenters. The molecule has 1 aromatic rings. The van der Waals surface area contributed by atoms with E-state index in [4.69, 9.17) is 9.84 Å². The van der Waals surface area contributed by atoms with Gasteiger partial charge in [-0.15, -0.1) is 0 Å². The normalized spacial score (nSPS) is 27.8. The number of amides is 1. The average Bonchev–Trinajstić information content (AvgIpc) is 3.05. The molecule has 6 nitrogen and oxygen atoms in total. The molecule has 132 valence electrons. The Hall–Kier alpha value is -2.52. The van der Waals surface area contributed by atoms with Crippen molar-refractivity contribution in [2.45, 2.75) is 37.3 Å². The van der Waals surface area contributed by atoms with Crippen molar-refractivity contribution in [2.75, 3.05) is 13.7 Å². The number of fused-ring (bicyclic) bond motifs is 1. The lowest BCUT2D eigenvalue weighted by atomic mass is 9.73. The van der Waals surface area contributed by atoms with E-state index in [1.165, 1.54) is 19.2 Å². The second kappa shape index (κ2) is 6.77. The third-order valence-electron chi connectivity index (χ3n) is 5.16. The van der Waals surface area contributed by atoms with Gasteiger partial charge in [0, 0.05) is 24.1 Å². The molecule has 6 heteroatoms. The van der Waals surface area contributed by atoms with Crippen LogP contribution >= 0.6 is 0 Å². The Morgan fingerprint density at radius 2 is 2.16 bits per heavy atom. The highest BCUT2D eigenvalue weighted by atomic mass is 16.5. The van der Waals surface area contributed by atoms with E-state index in [1.807, 2.05) is 0 Å². The van der Waals surface area contributed by atoms with E-state index in [9.17, 15) is 14.7 Å². The summed E-state index contributed by atoms with van der Waals surface area (Å²) in [5.74, 6) is 4.76. The molecule has 1 saturated heterocycles. The Morgan fingerprint density at radius 1 is 1.36 bits per heavy atom. The average molecular weight is 343 g/mol. The van der Waals surface area contributed by atoms with Crippen molar-refractivity contribution in [3.05, 3.63) is 35.4 Å². The fourth-order valence-electron chi connectivity index (χ4n) is 3.94. The van der Waals surface area contributed by atoms with Crippen LogP contribution in [-0.2, 0) is 4.74 Å². The Bertz CT molecular complexity index is 750. The smallest absolute Gasteiger partial charge is 0.409 e. The fourth-order valence-corrected chi connectivity index (χ4v) is 3.94. The Labute approximate surface area is 146 Å². The molecule has 0 aromatic heterocycles. The largest absolute Gasteiger partial charge is 0.478 e. The van der Waals surface area contributed by atoms with Crippen LogP contribution in [0.2, 0.25) is 0 Å². The first-order chi connectivity index (χ1) is 11.9. The molecule has 0 radical (unpaired) electrons. The highest BCUT2D eigenvalue weighted by Gasteiger charge is 2.50. The summed E-state index contributed by atoms with van der Waals surface area (Å²) < 4.78 is 4.83. The van der Waals surface area contributed by atoms with Crippen LogP contribution in [0.3, 0.4) is 0 Å². The number of aliphatic hydroxyl groups is 1. The van der Waals surface area contributed by atoms with E-state index in [-0.39, 0.29) is 23.6 Å². The Morgan fingerprint density at radius 3 is 2.88 bits per heavy atom. The van der Waals surface area contributed by atoms with Gasteiger partial charge in [-0.2, -0.15) is 0 Å². The van der Waals surface area contributed by atoms with Crippen molar-refractivity contribution in [1.29, 1.82) is 0 Å². The minimum atomic E-state index is -1.18. The lowest BCUT2D eigenvalue weighted by Gasteiger charge is -2.39. The zero-order valence-electron chi connectivity index (χ0n) is 14.1. The highest BCUT2D eigenvalue weighted by molar-refractivity contribution is 5.88. The van der Waals surface area contributed by atoms with Gasteiger partial charge in [-0.25, -0.2) is 9.59 Å². The molecule has 1 amide bonds. The van der Waals surface area contributed by atoms with Gasteiger partial charge in [0.2, 0.25) is 0 Å². The second-order valence-electron chi connectivity index (χ2n) is 6.58. The highest BCUT2D eigenvalue weighted by Crippen LogP contribution is 2.42. The molecule has 1 aliphatic heterocycles. The van der Waals surface area contributed by atoms with Crippen molar-refractivity contribution in [3.8, 4) is 11.8 Å². The van der Waals surface area contributed by atoms with Crippen LogP contribution in [0.1, 0.15) is 41.6 Å². The number of methoxy groups -OCH3 is 1. The maximum Gasteiger partial charge on any atom is 0.409 e. The zero-order chi connectivity index (χ0) is 18.0. The minimum Gasteiger partial charge on any atom is -0.478 e. The van der Waals surface area contributed by atoms with Crippen LogP contribution in [0.4, 0.5) is 4.79 Å².